The smallest absolute Gasteiger partial charge is 0.314 e. The molecule has 2 aromatic rings. The first-order chi connectivity index (χ1) is 15.5. The molecule has 4 bridgehead atoms. The van der Waals surface area contributed by atoms with E-state index < -0.39 is 17.6 Å². The number of halogens is 1. The second kappa shape index (κ2) is 7.45. The largest absolute Gasteiger partial charge is 0.429 e. The Morgan fingerprint density at radius 3 is 2.31 bits per heavy atom. The number of carbonyl (C=O) groups excluding carboxylic acids is 2. The van der Waals surface area contributed by atoms with Crippen LogP contribution in [0.1, 0.15) is 49.7 Å². The van der Waals surface area contributed by atoms with Crippen LogP contribution in [0.5, 0.6) is 0 Å². The summed E-state index contributed by atoms with van der Waals surface area (Å²) in [6.45, 7) is 0. The minimum absolute atomic E-state index is 0.253. The number of nitrogens with one attached hydrogen (secondary N) is 1. The van der Waals surface area contributed by atoms with E-state index in [1.54, 1.807) is 18.2 Å². The number of rotatable bonds is 3. The maximum absolute atomic E-state index is 13.5. The summed E-state index contributed by atoms with van der Waals surface area (Å²) in [6.07, 6.45) is 5.15. The first-order valence-electron chi connectivity index (χ1n) is 11.4. The quantitative estimate of drug-likeness (QED) is 0.655. The highest BCUT2D eigenvalue weighted by Crippen LogP contribution is 2.60. The molecule has 164 valence electrons. The molecule has 4 saturated carbocycles. The Balaban J connectivity index is 1.36. The van der Waals surface area contributed by atoms with E-state index in [0.29, 0.717) is 39.7 Å². The standard InChI is InChI=1S/C26H25ClN2O3/c27-19-6-7-21-20(11-19)22(18-4-2-1-3-5-18)29-24(23(30)28-21)32-25(31)26-12-15-8-16(13-26)10-17(9-15)14-26/h1-7,11,15-17,24H,8-10,12-14H2,(H,28,30)/t15?,16?,17?,24-,26?/m1/s1. The minimum atomic E-state index is -1.23. The molecular weight excluding hydrogens is 424 g/mol. The van der Waals surface area contributed by atoms with Crippen molar-refractivity contribution in [3.63, 3.8) is 0 Å². The lowest BCUT2D eigenvalue weighted by Crippen LogP contribution is -2.51. The van der Waals surface area contributed by atoms with Crippen molar-refractivity contribution in [1.82, 2.24) is 0 Å². The van der Waals surface area contributed by atoms with Crippen LogP contribution >= 0.6 is 11.6 Å². The van der Waals surface area contributed by atoms with Crippen molar-refractivity contribution in [3.05, 3.63) is 64.7 Å². The highest BCUT2D eigenvalue weighted by molar-refractivity contribution is 6.32. The number of benzene rings is 2. The highest BCUT2D eigenvalue weighted by atomic mass is 35.5. The zero-order valence-electron chi connectivity index (χ0n) is 17.7. The number of benzodiazepines with no additional fused rings is 1. The van der Waals surface area contributed by atoms with E-state index in [4.69, 9.17) is 16.3 Å². The van der Waals surface area contributed by atoms with E-state index in [9.17, 15) is 9.59 Å². The maximum Gasteiger partial charge on any atom is 0.314 e. The summed E-state index contributed by atoms with van der Waals surface area (Å²) in [6, 6.07) is 14.9. The summed E-state index contributed by atoms with van der Waals surface area (Å²) in [5.74, 6) is 1.17. The van der Waals surface area contributed by atoms with E-state index in [2.05, 4.69) is 10.3 Å². The number of aliphatic imine (C=N–C) groups is 1. The van der Waals surface area contributed by atoms with Gasteiger partial charge in [-0.05, 0) is 74.5 Å². The number of fused-ring (bicyclic) bond motifs is 1. The van der Waals surface area contributed by atoms with Gasteiger partial charge in [-0.3, -0.25) is 9.59 Å². The molecule has 1 aliphatic heterocycles. The number of esters is 1. The number of carbonyl (C=O) groups is 2. The van der Waals surface area contributed by atoms with Crippen LogP contribution in [0, 0.1) is 23.2 Å². The predicted molar refractivity (Wildman–Crippen MR) is 123 cm³/mol. The molecule has 0 radical (unpaired) electrons. The van der Waals surface area contributed by atoms with Crippen LogP contribution < -0.4 is 5.32 Å². The molecule has 7 rings (SSSR count). The summed E-state index contributed by atoms with van der Waals surface area (Å²) in [4.78, 5) is 31.3. The molecule has 4 fully saturated rings. The summed E-state index contributed by atoms with van der Waals surface area (Å²) >= 11 is 6.26. The number of anilines is 1. The van der Waals surface area contributed by atoms with Crippen LogP contribution in [-0.2, 0) is 14.3 Å². The van der Waals surface area contributed by atoms with E-state index in [0.717, 1.165) is 24.8 Å². The predicted octanol–water partition coefficient (Wildman–Crippen LogP) is 5.22. The van der Waals surface area contributed by atoms with Gasteiger partial charge in [0.15, 0.2) is 0 Å². The van der Waals surface area contributed by atoms with Crippen LogP contribution in [0.15, 0.2) is 53.5 Å². The number of hydrogen-bond acceptors (Lipinski definition) is 4. The molecule has 1 heterocycles. The van der Waals surface area contributed by atoms with Gasteiger partial charge < -0.3 is 10.1 Å². The molecule has 1 N–H and O–H groups in total. The van der Waals surface area contributed by atoms with Gasteiger partial charge in [-0.25, -0.2) is 4.99 Å². The Kier molecular flexibility index (Phi) is 4.65. The Bertz CT molecular complexity index is 1090. The van der Waals surface area contributed by atoms with Crippen LogP contribution in [0.3, 0.4) is 0 Å². The number of hydrogen-bond donors (Lipinski definition) is 1. The zero-order valence-corrected chi connectivity index (χ0v) is 18.5. The van der Waals surface area contributed by atoms with E-state index in [1.165, 1.54) is 19.3 Å². The molecule has 0 unspecified atom stereocenters. The van der Waals surface area contributed by atoms with Crippen molar-refractivity contribution in [2.45, 2.75) is 44.8 Å². The number of ether oxygens (including phenoxy) is 1. The van der Waals surface area contributed by atoms with Gasteiger partial charge >= 0.3 is 5.97 Å². The van der Waals surface area contributed by atoms with Gasteiger partial charge in [0.2, 0.25) is 0 Å². The Morgan fingerprint density at radius 2 is 1.66 bits per heavy atom. The molecule has 1 atom stereocenters. The fraction of sp³-hybridized carbons (Fsp3) is 0.423. The second-order valence-electron chi connectivity index (χ2n) is 9.98. The normalized spacial score (nSPS) is 32.5. The molecule has 0 spiro atoms. The van der Waals surface area contributed by atoms with Gasteiger partial charge in [-0.15, -0.1) is 0 Å². The third kappa shape index (κ3) is 3.34. The molecule has 5 aliphatic rings. The van der Waals surface area contributed by atoms with Gasteiger partial charge in [-0.2, -0.15) is 0 Å². The van der Waals surface area contributed by atoms with Crippen LogP contribution in [0.25, 0.3) is 0 Å². The molecule has 0 saturated heterocycles. The van der Waals surface area contributed by atoms with Crippen LogP contribution in [0.4, 0.5) is 5.69 Å². The van der Waals surface area contributed by atoms with E-state index >= 15 is 0 Å². The lowest BCUT2D eigenvalue weighted by Gasteiger charge is -2.55. The van der Waals surface area contributed by atoms with Crippen LogP contribution in [-0.4, -0.2) is 23.8 Å². The minimum Gasteiger partial charge on any atom is -0.429 e. The monoisotopic (exact) mass is 448 g/mol. The van der Waals surface area contributed by atoms with Gasteiger partial charge in [-0.1, -0.05) is 41.9 Å². The third-order valence-electron chi connectivity index (χ3n) is 7.70. The molecule has 0 aromatic heterocycles. The van der Waals surface area contributed by atoms with Crippen molar-refractivity contribution in [1.29, 1.82) is 0 Å². The average Bonchev–Trinajstić information content (AvgIpc) is 2.90. The lowest BCUT2D eigenvalue weighted by molar-refractivity contribution is -0.178. The van der Waals surface area contributed by atoms with Gasteiger partial charge in [0, 0.05) is 16.1 Å². The zero-order chi connectivity index (χ0) is 21.9. The summed E-state index contributed by atoms with van der Waals surface area (Å²) in [5.41, 5.74) is 2.30. The molecule has 2 aromatic carbocycles. The van der Waals surface area contributed by atoms with Crippen molar-refractivity contribution in [2.75, 3.05) is 5.32 Å². The second-order valence-corrected chi connectivity index (χ2v) is 10.4. The molecular formula is C26H25ClN2O3. The maximum atomic E-state index is 13.5. The average molecular weight is 449 g/mol. The first kappa shape index (κ1) is 20.0. The van der Waals surface area contributed by atoms with Crippen molar-refractivity contribution < 1.29 is 14.3 Å². The number of amides is 1. The number of nitrogens with zero attached hydrogens (tertiary/aromatic N) is 1. The Labute approximate surface area is 192 Å². The Hall–Kier alpha value is -2.66. The highest BCUT2D eigenvalue weighted by Gasteiger charge is 2.56. The van der Waals surface area contributed by atoms with Crippen LogP contribution in [0.2, 0.25) is 5.02 Å². The SMILES string of the molecule is O=C1Nc2ccc(Cl)cc2C(c2ccccc2)=N[C@@H]1OC(=O)C12CC3CC(CC(C3)C1)C2. The molecule has 32 heavy (non-hydrogen) atoms. The Morgan fingerprint density at radius 1 is 1.00 bits per heavy atom. The van der Waals surface area contributed by atoms with Gasteiger partial charge in [0.1, 0.15) is 0 Å². The molecule has 5 nitrogen and oxygen atoms in total. The fourth-order valence-electron chi connectivity index (χ4n) is 6.75. The van der Waals surface area contributed by atoms with Crippen molar-refractivity contribution in [2.24, 2.45) is 28.2 Å². The van der Waals surface area contributed by atoms with E-state index in [-0.39, 0.29) is 5.97 Å². The molecule has 6 heteroatoms. The summed E-state index contributed by atoms with van der Waals surface area (Å²) < 4.78 is 5.91. The summed E-state index contributed by atoms with van der Waals surface area (Å²) in [7, 11) is 0. The first-order valence-corrected chi connectivity index (χ1v) is 11.8. The van der Waals surface area contributed by atoms with Crippen molar-refractivity contribution in [3.8, 4) is 0 Å². The molecule has 1 amide bonds. The summed E-state index contributed by atoms with van der Waals surface area (Å²) in [5, 5.41) is 3.44. The topological polar surface area (TPSA) is 67.8 Å². The fourth-order valence-corrected chi connectivity index (χ4v) is 6.93. The third-order valence-corrected chi connectivity index (χ3v) is 7.94. The van der Waals surface area contributed by atoms with E-state index in [1.807, 2.05) is 30.3 Å². The van der Waals surface area contributed by atoms with Crippen molar-refractivity contribution >= 4 is 34.9 Å². The lowest BCUT2D eigenvalue weighted by atomic mass is 9.49. The van der Waals surface area contributed by atoms with Gasteiger partial charge in [0.25, 0.3) is 12.1 Å². The molecule has 4 aliphatic carbocycles. The van der Waals surface area contributed by atoms with Gasteiger partial charge in [0.05, 0.1) is 16.8 Å².